The third-order valence-electron chi connectivity index (χ3n) is 2.48. The van der Waals surface area contributed by atoms with E-state index >= 15 is 0 Å². The zero-order valence-corrected chi connectivity index (χ0v) is 8.97. The summed E-state index contributed by atoms with van der Waals surface area (Å²) in [4.78, 5) is 8.46. The summed E-state index contributed by atoms with van der Waals surface area (Å²) in [6.45, 7) is 2.01. The number of nitrogens with zero attached hydrogens (tertiary/aromatic N) is 3. The van der Waals surface area contributed by atoms with Crippen molar-refractivity contribution in [2.24, 2.45) is 0 Å². The van der Waals surface area contributed by atoms with Gasteiger partial charge in [0.25, 0.3) is 0 Å². The molecular weight excluding hydrogens is 204 g/mol. The molecule has 0 aromatic carbocycles. The topological polar surface area (TPSA) is 63.8 Å². The summed E-state index contributed by atoms with van der Waals surface area (Å²) in [5.41, 5.74) is 1.87. The summed E-state index contributed by atoms with van der Waals surface area (Å²) in [6, 6.07) is 4.87. The molecule has 2 aromatic heterocycles. The second kappa shape index (κ2) is 3.59. The van der Waals surface area contributed by atoms with Crippen LogP contribution in [0.1, 0.15) is 18.4 Å². The number of aromatic nitrogens is 3. The number of pyridine rings is 1. The molecule has 82 valence electrons. The number of hydrogen-bond acceptors (Lipinski definition) is 5. The van der Waals surface area contributed by atoms with E-state index in [1.807, 2.05) is 19.1 Å². The van der Waals surface area contributed by atoms with Crippen LogP contribution in [0.25, 0.3) is 11.5 Å². The zero-order chi connectivity index (χ0) is 11.0. The highest BCUT2D eigenvalue weighted by molar-refractivity contribution is 5.50. The molecule has 0 bridgehead atoms. The van der Waals surface area contributed by atoms with Gasteiger partial charge < -0.3 is 9.84 Å². The lowest BCUT2D eigenvalue weighted by molar-refractivity contribution is 0.431. The maximum atomic E-state index is 5.10. The number of aryl methyl sites for hydroxylation is 1. The van der Waals surface area contributed by atoms with Crippen LogP contribution in [0.3, 0.4) is 0 Å². The molecule has 1 N–H and O–H groups in total. The van der Waals surface area contributed by atoms with Crippen molar-refractivity contribution in [2.45, 2.75) is 25.8 Å². The number of hydrogen-bond donors (Lipinski definition) is 1. The molecule has 0 spiro atoms. The fourth-order valence-electron chi connectivity index (χ4n) is 1.45. The monoisotopic (exact) mass is 216 g/mol. The SMILES string of the molecule is Cc1ccnc(-c2noc(NC3CC3)n2)c1. The van der Waals surface area contributed by atoms with E-state index < -0.39 is 0 Å². The maximum Gasteiger partial charge on any atom is 0.322 e. The molecule has 0 saturated heterocycles. The summed E-state index contributed by atoms with van der Waals surface area (Å²) in [5.74, 6) is 0.534. The largest absolute Gasteiger partial charge is 0.335 e. The molecular formula is C11H12N4O. The predicted octanol–water partition coefficient (Wildman–Crippen LogP) is 2.01. The fourth-order valence-corrected chi connectivity index (χ4v) is 1.45. The minimum atomic E-state index is 0.487. The van der Waals surface area contributed by atoms with Crippen LogP contribution in [0.5, 0.6) is 0 Å². The summed E-state index contributed by atoms with van der Waals surface area (Å²) >= 11 is 0. The van der Waals surface area contributed by atoms with Crippen LogP contribution in [0.2, 0.25) is 0 Å². The van der Waals surface area contributed by atoms with E-state index in [9.17, 15) is 0 Å². The minimum absolute atomic E-state index is 0.487. The van der Waals surface area contributed by atoms with E-state index in [-0.39, 0.29) is 0 Å². The van der Waals surface area contributed by atoms with Gasteiger partial charge in [-0.05, 0) is 37.5 Å². The average molecular weight is 216 g/mol. The number of rotatable bonds is 3. The standard InChI is InChI=1S/C11H12N4O/c1-7-4-5-12-9(6-7)10-14-11(16-15-10)13-8-2-3-8/h4-6,8H,2-3H2,1H3,(H,13,14,15). The molecule has 2 aromatic rings. The van der Waals surface area contributed by atoms with Crippen LogP contribution >= 0.6 is 0 Å². The molecule has 16 heavy (non-hydrogen) atoms. The van der Waals surface area contributed by atoms with Crippen molar-refractivity contribution in [3.05, 3.63) is 23.9 Å². The summed E-state index contributed by atoms with van der Waals surface area (Å²) in [7, 11) is 0. The van der Waals surface area contributed by atoms with Gasteiger partial charge in [0.1, 0.15) is 5.69 Å². The van der Waals surface area contributed by atoms with Crippen molar-refractivity contribution in [2.75, 3.05) is 5.32 Å². The Morgan fingerprint density at radius 2 is 2.31 bits per heavy atom. The lowest BCUT2D eigenvalue weighted by atomic mass is 10.2. The molecule has 1 aliphatic carbocycles. The second-order valence-electron chi connectivity index (χ2n) is 4.06. The first-order valence-electron chi connectivity index (χ1n) is 5.34. The molecule has 0 aliphatic heterocycles. The van der Waals surface area contributed by atoms with Crippen LogP contribution in [-0.2, 0) is 0 Å². The van der Waals surface area contributed by atoms with Crippen molar-refractivity contribution < 1.29 is 4.52 Å². The van der Waals surface area contributed by atoms with E-state index in [0.29, 0.717) is 17.9 Å². The Labute approximate surface area is 92.9 Å². The summed E-state index contributed by atoms with van der Waals surface area (Å²) < 4.78 is 5.10. The molecule has 5 nitrogen and oxygen atoms in total. The Morgan fingerprint density at radius 3 is 3.06 bits per heavy atom. The fraction of sp³-hybridized carbons (Fsp3) is 0.364. The Bertz CT molecular complexity index is 504. The first-order valence-corrected chi connectivity index (χ1v) is 5.34. The second-order valence-corrected chi connectivity index (χ2v) is 4.06. The first kappa shape index (κ1) is 9.33. The highest BCUT2D eigenvalue weighted by Gasteiger charge is 2.23. The molecule has 1 saturated carbocycles. The average Bonchev–Trinajstić information content (AvgIpc) is 2.94. The van der Waals surface area contributed by atoms with Gasteiger partial charge in [-0.25, -0.2) is 0 Å². The quantitative estimate of drug-likeness (QED) is 0.850. The van der Waals surface area contributed by atoms with Gasteiger partial charge in [-0.3, -0.25) is 4.98 Å². The predicted molar refractivity (Wildman–Crippen MR) is 58.9 cm³/mol. The van der Waals surface area contributed by atoms with Crippen LogP contribution in [0.4, 0.5) is 6.01 Å². The van der Waals surface area contributed by atoms with Crippen molar-refractivity contribution in [3.63, 3.8) is 0 Å². The number of nitrogens with one attached hydrogen (secondary N) is 1. The molecule has 2 heterocycles. The number of anilines is 1. The smallest absolute Gasteiger partial charge is 0.322 e. The molecule has 3 rings (SSSR count). The van der Waals surface area contributed by atoms with Gasteiger partial charge in [0.2, 0.25) is 5.82 Å². The van der Waals surface area contributed by atoms with Gasteiger partial charge in [0, 0.05) is 12.2 Å². The van der Waals surface area contributed by atoms with Crippen LogP contribution in [-0.4, -0.2) is 21.2 Å². The summed E-state index contributed by atoms with van der Waals surface area (Å²) in [5, 5.41) is 7.05. The van der Waals surface area contributed by atoms with Crippen LogP contribution < -0.4 is 5.32 Å². The van der Waals surface area contributed by atoms with Gasteiger partial charge in [-0.1, -0.05) is 5.16 Å². The normalized spacial score (nSPS) is 15.1. The first-order chi connectivity index (χ1) is 7.81. The molecule has 0 atom stereocenters. The third-order valence-corrected chi connectivity index (χ3v) is 2.48. The van der Waals surface area contributed by atoms with E-state index in [2.05, 4.69) is 20.4 Å². The molecule has 0 radical (unpaired) electrons. The van der Waals surface area contributed by atoms with Crippen LogP contribution in [0, 0.1) is 6.92 Å². The Morgan fingerprint density at radius 1 is 1.44 bits per heavy atom. The lowest BCUT2D eigenvalue weighted by Crippen LogP contribution is -2.00. The van der Waals surface area contributed by atoms with Crippen LogP contribution in [0.15, 0.2) is 22.9 Å². The maximum absolute atomic E-state index is 5.10. The Hall–Kier alpha value is -1.91. The van der Waals surface area contributed by atoms with Gasteiger partial charge in [-0.2, -0.15) is 4.98 Å². The molecule has 5 heteroatoms. The van der Waals surface area contributed by atoms with Crippen molar-refractivity contribution in [1.29, 1.82) is 0 Å². The Balaban J connectivity index is 1.85. The van der Waals surface area contributed by atoms with Crippen molar-refractivity contribution in [3.8, 4) is 11.5 Å². The van der Waals surface area contributed by atoms with Gasteiger partial charge in [0.15, 0.2) is 0 Å². The molecule has 0 unspecified atom stereocenters. The van der Waals surface area contributed by atoms with E-state index in [1.165, 1.54) is 12.8 Å². The Kier molecular flexibility index (Phi) is 2.09. The van der Waals surface area contributed by atoms with Crippen molar-refractivity contribution >= 4 is 6.01 Å². The third kappa shape index (κ3) is 1.88. The van der Waals surface area contributed by atoms with E-state index in [0.717, 1.165) is 11.3 Å². The molecule has 1 aliphatic rings. The van der Waals surface area contributed by atoms with Crippen molar-refractivity contribution in [1.82, 2.24) is 15.1 Å². The van der Waals surface area contributed by atoms with E-state index in [4.69, 9.17) is 4.52 Å². The van der Waals surface area contributed by atoms with Gasteiger partial charge >= 0.3 is 6.01 Å². The highest BCUT2D eigenvalue weighted by atomic mass is 16.5. The highest BCUT2D eigenvalue weighted by Crippen LogP contribution is 2.24. The van der Waals surface area contributed by atoms with E-state index in [1.54, 1.807) is 6.20 Å². The minimum Gasteiger partial charge on any atom is -0.335 e. The van der Waals surface area contributed by atoms with Gasteiger partial charge in [0.05, 0.1) is 0 Å². The van der Waals surface area contributed by atoms with Gasteiger partial charge in [-0.15, -0.1) is 0 Å². The lowest BCUT2D eigenvalue weighted by Gasteiger charge is -1.94. The molecule has 1 fully saturated rings. The zero-order valence-electron chi connectivity index (χ0n) is 8.97. The summed E-state index contributed by atoms with van der Waals surface area (Å²) in [6.07, 6.45) is 4.11. The molecule has 0 amide bonds.